The first-order chi connectivity index (χ1) is 17.2. The van der Waals surface area contributed by atoms with Gasteiger partial charge in [-0.15, -0.1) is 0 Å². The fraction of sp³-hybridized carbons (Fsp3) is 0.419. The number of rotatable bonds is 4. The number of methoxy groups -OCH3 is 1. The molecule has 0 spiro atoms. The molecule has 1 aliphatic rings. The van der Waals surface area contributed by atoms with Crippen LogP contribution in [0.5, 0.6) is 11.5 Å². The molecule has 1 fully saturated rings. The number of aromatic hydroxyl groups is 2. The first-order valence-corrected chi connectivity index (χ1v) is 12.9. The minimum absolute atomic E-state index is 0.0763. The molecule has 1 saturated heterocycles. The second-order valence-electron chi connectivity index (χ2n) is 7.06. The Kier molecular flexibility index (Phi) is 18.9. The molecule has 1 aliphatic heterocycles. The molecular formula is C31H46O4. The van der Waals surface area contributed by atoms with Crippen molar-refractivity contribution in [3.8, 4) is 11.5 Å². The first kappa shape index (κ1) is 32.2. The summed E-state index contributed by atoms with van der Waals surface area (Å²) in [5, 5.41) is 19.0. The van der Waals surface area contributed by atoms with Gasteiger partial charge in [-0.05, 0) is 60.2 Å². The quantitative estimate of drug-likeness (QED) is 0.366. The molecule has 1 atom stereocenters. The van der Waals surface area contributed by atoms with E-state index in [1.807, 2.05) is 84.0 Å². The summed E-state index contributed by atoms with van der Waals surface area (Å²) in [6.45, 7) is 12.9. The predicted molar refractivity (Wildman–Crippen MR) is 148 cm³/mol. The van der Waals surface area contributed by atoms with Crippen LogP contribution in [0, 0.1) is 0 Å². The molecule has 4 heteroatoms. The van der Waals surface area contributed by atoms with Gasteiger partial charge >= 0.3 is 0 Å². The minimum atomic E-state index is 0.0763. The Hall–Kier alpha value is -2.82. The molecule has 4 nitrogen and oxygen atoms in total. The van der Waals surface area contributed by atoms with Crippen molar-refractivity contribution >= 4 is 0 Å². The van der Waals surface area contributed by atoms with Crippen LogP contribution in [0.15, 0.2) is 78.9 Å². The molecule has 0 bridgehead atoms. The summed E-state index contributed by atoms with van der Waals surface area (Å²) in [6, 6.07) is 24.7. The van der Waals surface area contributed by atoms with Crippen LogP contribution in [-0.4, -0.2) is 30.2 Å². The second-order valence-corrected chi connectivity index (χ2v) is 7.06. The summed E-state index contributed by atoms with van der Waals surface area (Å²) in [5.41, 5.74) is 3.38. The SMILES string of the molecule is CC.CC.CC.COC1CCCCO1.Oc1ccc(C(c2ccccc2)c2ccc(O)cc2)cc1. The van der Waals surface area contributed by atoms with Crippen molar-refractivity contribution in [2.24, 2.45) is 0 Å². The van der Waals surface area contributed by atoms with Crippen molar-refractivity contribution in [1.29, 1.82) is 0 Å². The third kappa shape index (κ3) is 11.9. The third-order valence-corrected chi connectivity index (χ3v) is 4.99. The highest BCUT2D eigenvalue weighted by molar-refractivity contribution is 5.45. The van der Waals surface area contributed by atoms with Crippen molar-refractivity contribution in [3.05, 3.63) is 95.6 Å². The zero-order valence-electron chi connectivity index (χ0n) is 22.7. The van der Waals surface area contributed by atoms with Crippen molar-refractivity contribution in [2.75, 3.05) is 13.7 Å². The van der Waals surface area contributed by atoms with Gasteiger partial charge in [0.1, 0.15) is 11.5 Å². The van der Waals surface area contributed by atoms with Gasteiger partial charge in [0.2, 0.25) is 0 Å². The van der Waals surface area contributed by atoms with Gasteiger partial charge in [-0.25, -0.2) is 0 Å². The molecule has 194 valence electrons. The van der Waals surface area contributed by atoms with Crippen LogP contribution in [0.1, 0.15) is 83.4 Å². The van der Waals surface area contributed by atoms with Gasteiger partial charge < -0.3 is 19.7 Å². The highest BCUT2D eigenvalue weighted by atomic mass is 16.7. The summed E-state index contributed by atoms with van der Waals surface area (Å²) in [4.78, 5) is 0. The van der Waals surface area contributed by atoms with Crippen LogP contribution in [0.3, 0.4) is 0 Å². The van der Waals surface area contributed by atoms with E-state index >= 15 is 0 Å². The van der Waals surface area contributed by atoms with E-state index in [1.165, 1.54) is 18.4 Å². The molecule has 4 rings (SSSR count). The molecule has 3 aromatic carbocycles. The zero-order chi connectivity index (χ0) is 26.5. The number of benzene rings is 3. The molecular weight excluding hydrogens is 436 g/mol. The maximum absolute atomic E-state index is 9.48. The van der Waals surface area contributed by atoms with Gasteiger partial charge in [0.15, 0.2) is 6.29 Å². The maximum Gasteiger partial charge on any atom is 0.157 e. The van der Waals surface area contributed by atoms with E-state index < -0.39 is 0 Å². The maximum atomic E-state index is 9.48. The van der Waals surface area contributed by atoms with E-state index in [0.717, 1.165) is 24.2 Å². The van der Waals surface area contributed by atoms with Gasteiger partial charge in [0.25, 0.3) is 0 Å². The van der Waals surface area contributed by atoms with Crippen molar-refractivity contribution < 1.29 is 19.7 Å². The Labute approximate surface area is 213 Å². The topological polar surface area (TPSA) is 58.9 Å². The van der Waals surface area contributed by atoms with Crippen molar-refractivity contribution in [1.82, 2.24) is 0 Å². The highest BCUT2D eigenvalue weighted by Crippen LogP contribution is 2.33. The Morgan fingerprint density at radius 1 is 0.657 bits per heavy atom. The lowest BCUT2D eigenvalue weighted by Crippen LogP contribution is -2.20. The Bertz CT molecular complexity index is 794. The lowest BCUT2D eigenvalue weighted by molar-refractivity contribution is -0.145. The van der Waals surface area contributed by atoms with Crippen LogP contribution >= 0.6 is 0 Å². The summed E-state index contributed by atoms with van der Waals surface area (Å²) in [5.74, 6) is 0.597. The number of phenolic OH excluding ortho intramolecular Hbond substituents is 2. The van der Waals surface area contributed by atoms with Gasteiger partial charge in [-0.1, -0.05) is 96.1 Å². The van der Waals surface area contributed by atoms with Gasteiger partial charge in [0.05, 0.1) is 0 Å². The molecule has 0 radical (unpaired) electrons. The molecule has 35 heavy (non-hydrogen) atoms. The molecule has 1 unspecified atom stereocenters. The number of phenols is 2. The molecule has 1 heterocycles. The summed E-state index contributed by atoms with van der Waals surface area (Å²) in [6.07, 6.45) is 3.60. The van der Waals surface area contributed by atoms with Crippen LogP contribution in [0.2, 0.25) is 0 Å². The normalized spacial score (nSPS) is 13.9. The van der Waals surface area contributed by atoms with E-state index in [0.29, 0.717) is 0 Å². The van der Waals surface area contributed by atoms with E-state index in [9.17, 15) is 10.2 Å². The molecule has 2 N–H and O–H groups in total. The van der Waals surface area contributed by atoms with E-state index in [-0.39, 0.29) is 23.7 Å². The van der Waals surface area contributed by atoms with Gasteiger partial charge in [-0.3, -0.25) is 0 Å². The standard InChI is InChI=1S/C19H16O2.C6H12O2.3C2H6/c20-17-10-6-15(7-11-17)19(14-4-2-1-3-5-14)16-8-12-18(21)13-9-16;1-7-6-4-2-3-5-8-6;3*1-2/h1-13,19-21H;6H,2-5H2,1H3;3*1-2H3. The third-order valence-electron chi connectivity index (χ3n) is 4.99. The minimum Gasteiger partial charge on any atom is -0.508 e. The Morgan fingerprint density at radius 3 is 1.43 bits per heavy atom. The van der Waals surface area contributed by atoms with Crippen LogP contribution < -0.4 is 0 Å². The van der Waals surface area contributed by atoms with E-state index in [2.05, 4.69) is 12.1 Å². The number of hydrogen-bond acceptors (Lipinski definition) is 4. The average molecular weight is 483 g/mol. The molecule has 0 amide bonds. The molecule has 0 saturated carbocycles. The lowest BCUT2D eigenvalue weighted by atomic mass is 9.85. The second kappa shape index (κ2) is 20.5. The van der Waals surface area contributed by atoms with Crippen LogP contribution in [-0.2, 0) is 9.47 Å². The average Bonchev–Trinajstić information content (AvgIpc) is 2.96. The first-order valence-electron chi connectivity index (χ1n) is 12.9. The Morgan fingerprint density at radius 2 is 1.09 bits per heavy atom. The van der Waals surface area contributed by atoms with Crippen LogP contribution in [0.25, 0.3) is 0 Å². The summed E-state index contributed by atoms with van der Waals surface area (Å²) in [7, 11) is 1.69. The summed E-state index contributed by atoms with van der Waals surface area (Å²) >= 11 is 0. The van der Waals surface area contributed by atoms with Crippen molar-refractivity contribution in [3.63, 3.8) is 0 Å². The number of hydrogen-bond donors (Lipinski definition) is 2. The largest absolute Gasteiger partial charge is 0.508 e. The number of ether oxygens (including phenoxy) is 2. The van der Waals surface area contributed by atoms with Crippen molar-refractivity contribution in [2.45, 2.75) is 73.0 Å². The molecule has 0 aromatic heterocycles. The van der Waals surface area contributed by atoms with Crippen LogP contribution in [0.4, 0.5) is 0 Å². The van der Waals surface area contributed by atoms with Gasteiger partial charge in [-0.2, -0.15) is 0 Å². The van der Waals surface area contributed by atoms with E-state index in [4.69, 9.17) is 9.47 Å². The molecule has 3 aromatic rings. The Balaban J connectivity index is 0.000000690. The summed E-state index contributed by atoms with van der Waals surface area (Å²) < 4.78 is 10.2. The fourth-order valence-corrected chi connectivity index (χ4v) is 3.45. The lowest BCUT2D eigenvalue weighted by Gasteiger charge is -2.20. The predicted octanol–water partition coefficient (Wildman–Crippen LogP) is 8.52. The smallest absolute Gasteiger partial charge is 0.157 e. The monoisotopic (exact) mass is 482 g/mol. The molecule has 0 aliphatic carbocycles. The van der Waals surface area contributed by atoms with Gasteiger partial charge in [0, 0.05) is 19.6 Å². The fourth-order valence-electron chi connectivity index (χ4n) is 3.45. The highest BCUT2D eigenvalue weighted by Gasteiger charge is 2.16. The zero-order valence-corrected chi connectivity index (χ0v) is 22.7. The van der Waals surface area contributed by atoms with E-state index in [1.54, 1.807) is 31.4 Å².